The topological polar surface area (TPSA) is 69.6 Å². The molecule has 0 aromatic carbocycles. The highest BCUT2D eigenvalue weighted by molar-refractivity contribution is 5.82. The third-order valence-electron chi connectivity index (χ3n) is 3.41. The molecule has 0 unspecified atom stereocenters. The van der Waals surface area contributed by atoms with Gasteiger partial charge in [-0.25, -0.2) is 9.59 Å². The van der Waals surface area contributed by atoms with Crippen molar-refractivity contribution in [3.05, 3.63) is 0 Å². The number of nitrogens with one attached hydrogen (secondary N) is 1. The standard InChI is InChI=1S/C12H22N2O3/c1-4-9(10(15)16)13-11(17)14-7-5-12(2,3)6-8-14/h9H,4-8H2,1-3H3,(H,13,17)(H,15,16)/t9-/m0/s1. The molecule has 0 radical (unpaired) electrons. The maximum Gasteiger partial charge on any atom is 0.326 e. The lowest BCUT2D eigenvalue weighted by Gasteiger charge is -2.37. The Hall–Kier alpha value is -1.26. The highest BCUT2D eigenvalue weighted by atomic mass is 16.4. The van der Waals surface area contributed by atoms with Gasteiger partial charge in [0.1, 0.15) is 6.04 Å². The molecule has 0 bridgehead atoms. The number of hydrogen-bond donors (Lipinski definition) is 2. The minimum atomic E-state index is -0.974. The van der Waals surface area contributed by atoms with Crippen molar-refractivity contribution in [2.24, 2.45) is 5.41 Å². The molecule has 2 N–H and O–H groups in total. The molecule has 1 fully saturated rings. The van der Waals surface area contributed by atoms with E-state index in [1.54, 1.807) is 11.8 Å². The smallest absolute Gasteiger partial charge is 0.326 e. The third-order valence-corrected chi connectivity index (χ3v) is 3.41. The molecule has 5 nitrogen and oxygen atoms in total. The molecule has 1 atom stereocenters. The predicted octanol–water partition coefficient (Wildman–Crippen LogP) is 1.68. The first-order valence-electron chi connectivity index (χ1n) is 6.14. The van der Waals surface area contributed by atoms with E-state index in [-0.39, 0.29) is 11.4 Å². The van der Waals surface area contributed by atoms with Gasteiger partial charge in [-0.1, -0.05) is 20.8 Å². The molecule has 0 aliphatic carbocycles. The molecule has 0 aromatic rings. The molecule has 1 aliphatic heterocycles. The highest BCUT2D eigenvalue weighted by Gasteiger charge is 2.29. The Morgan fingerprint density at radius 3 is 2.29 bits per heavy atom. The van der Waals surface area contributed by atoms with E-state index in [1.807, 2.05) is 0 Å². The maximum absolute atomic E-state index is 11.8. The number of carboxylic acids is 1. The summed E-state index contributed by atoms with van der Waals surface area (Å²) < 4.78 is 0. The molecule has 5 heteroatoms. The van der Waals surface area contributed by atoms with Crippen LogP contribution in [0.3, 0.4) is 0 Å². The van der Waals surface area contributed by atoms with Gasteiger partial charge in [-0.05, 0) is 24.7 Å². The highest BCUT2D eigenvalue weighted by Crippen LogP contribution is 2.29. The zero-order valence-corrected chi connectivity index (χ0v) is 10.8. The van der Waals surface area contributed by atoms with E-state index in [4.69, 9.17) is 5.11 Å². The predicted molar refractivity (Wildman–Crippen MR) is 64.8 cm³/mol. The van der Waals surface area contributed by atoms with Gasteiger partial charge in [0.25, 0.3) is 0 Å². The molecular weight excluding hydrogens is 220 g/mol. The lowest BCUT2D eigenvalue weighted by atomic mass is 9.83. The summed E-state index contributed by atoms with van der Waals surface area (Å²) in [4.78, 5) is 24.4. The summed E-state index contributed by atoms with van der Waals surface area (Å²) in [5.74, 6) is -0.974. The van der Waals surface area contributed by atoms with Gasteiger partial charge in [0.05, 0.1) is 0 Å². The maximum atomic E-state index is 11.8. The average Bonchev–Trinajstić information content (AvgIpc) is 2.25. The van der Waals surface area contributed by atoms with Crippen LogP contribution in [0.25, 0.3) is 0 Å². The van der Waals surface area contributed by atoms with Crippen molar-refractivity contribution in [3.63, 3.8) is 0 Å². The van der Waals surface area contributed by atoms with E-state index in [2.05, 4.69) is 19.2 Å². The van der Waals surface area contributed by atoms with Gasteiger partial charge in [0.15, 0.2) is 0 Å². The summed E-state index contributed by atoms with van der Waals surface area (Å²) in [6.45, 7) is 7.53. The molecule has 0 saturated carbocycles. The lowest BCUT2D eigenvalue weighted by Crippen LogP contribution is -2.50. The molecular formula is C12H22N2O3. The Morgan fingerprint density at radius 2 is 1.88 bits per heavy atom. The fourth-order valence-corrected chi connectivity index (χ4v) is 1.89. The quantitative estimate of drug-likeness (QED) is 0.791. The number of aliphatic carboxylic acids is 1. The van der Waals surface area contributed by atoms with Gasteiger partial charge < -0.3 is 15.3 Å². The number of hydrogen-bond acceptors (Lipinski definition) is 2. The third kappa shape index (κ3) is 3.91. The van der Waals surface area contributed by atoms with Crippen LogP contribution in [-0.2, 0) is 4.79 Å². The molecule has 0 spiro atoms. The minimum absolute atomic E-state index is 0.255. The monoisotopic (exact) mass is 242 g/mol. The normalized spacial score (nSPS) is 20.8. The van der Waals surface area contributed by atoms with Gasteiger partial charge in [0.2, 0.25) is 0 Å². The van der Waals surface area contributed by atoms with E-state index in [0.717, 1.165) is 12.8 Å². The van der Waals surface area contributed by atoms with E-state index < -0.39 is 12.0 Å². The number of rotatable bonds is 3. The lowest BCUT2D eigenvalue weighted by molar-refractivity contribution is -0.139. The Labute approximate surface area is 102 Å². The van der Waals surface area contributed by atoms with Crippen molar-refractivity contribution < 1.29 is 14.7 Å². The molecule has 17 heavy (non-hydrogen) atoms. The van der Waals surface area contributed by atoms with Crippen molar-refractivity contribution >= 4 is 12.0 Å². The van der Waals surface area contributed by atoms with Crippen LogP contribution in [0.1, 0.15) is 40.0 Å². The number of carbonyl (C=O) groups excluding carboxylic acids is 1. The van der Waals surface area contributed by atoms with Crippen LogP contribution in [0, 0.1) is 5.41 Å². The number of likely N-dealkylation sites (tertiary alicyclic amines) is 1. The van der Waals surface area contributed by atoms with Crippen molar-refractivity contribution in [2.75, 3.05) is 13.1 Å². The second kappa shape index (κ2) is 5.38. The second-order valence-corrected chi connectivity index (χ2v) is 5.40. The van der Waals surface area contributed by atoms with Gasteiger partial charge in [-0.2, -0.15) is 0 Å². The first kappa shape index (κ1) is 13.8. The molecule has 98 valence electrons. The van der Waals surface area contributed by atoms with Gasteiger partial charge >= 0.3 is 12.0 Å². The molecule has 1 saturated heterocycles. The molecule has 2 amide bonds. The molecule has 1 heterocycles. The largest absolute Gasteiger partial charge is 0.480 e. The first-order chi connectivity index (χ1) is 7.85. The van der Waals surface area contributed by atoms with Crippen molar-refractivity contribution in [2.45, 2.75) is 46.1 Å². The van der Waals surface area contributed by atoms with E-state index in [1.165, 1.54) is 0 Å². The second-order valence-electron chi connectivity index (χ2n) is 5.40. The average molecular weight is 242 g/mol. The summed E-state index contributed by atoms with van der Waals surface area (Å²) in [5, 5.41) is 11.4. The number of urea groups is 1. The van der Waals surface area contributed by atoms with Crippen LogP contribution in [0.15, 0.2) is 0 Å². The minimum Gasteiger partial charge on any atom is -0.480 e. The fourth-order valence-electron chi connectivity index (χ4n) is 1.89. The van der Waals surface area contributed by atoms with Crippen molar-refractivity contribution in [1.29, 1.82) is 0 Å². The fraction of sp³-hybridized carbons (Fsp3) is 0.833. The summed E-state index contributed by atoms with van der Waals surface area (Å²) in [5.41, 5.74) is 0.285. The van der Waals surface area contributed by atoms with Crippen LogP contribution < -0.4 is 5.32 Å². The Bertz CT molecular complexity index is 292. The Balaban J connectivity index is 2.46. The number of piperidine rings is 1. The number of carbonyl (C=O) groups is 2. The van der Waals surface area contributed by atoms with Crippen LogP contribution >= 0.6 is 0 Å². The van der Waals surface area contributed by atoms with Crippen LogP contribution in [0.4, 0.5) is 4.79 Å². The van der Waals surface area contributed by atoms with Gasteiger partial charge in [-0.15, -0.1) is 0 Å². The van der Waals surface area contributed by atoms with E-state index in [0.29, 0.717) is 19.5 Å². The van der Waals surface area contributed by atoms with E-state index in [9.17, 15) is 9.59 Å². The summed E-state index contributed by atoms with van der Waals surface area (Å²) in [7, 11) is 0. The molecule has 1 rings (SSSR count). The zero-order chi connectivity index (χ0) is 13.1. The van der Waals surface area contributed by atoms with Crippen LogP contribution in [0.2, 0.25) is 0 Å². The van der Waals surface area contributed by atoms with Crippen LogP contribution in [0.5, 0.6) is 0 Å². The van der Waals surface area contributed by atoms with Crippen LogP contribution in [-0.4, -0.2) is 41.1 Å². The van der Waals surface area contributed by atoms with Gasteiger partial charge in [-0.3, -0.25) is 0 Å². The van der Waals surface area contributed by atoms with E-state index >= 15 is 0 Å². The zero-order valence-electron chi connectivity index (χ0n) is 10.8. The number of carboxylic acid groups (broad SMARTS) is 1. The Kier molecular flexibility index (Phi) is 4.37. The summed E-state index contributed by atoms with van der Waals surface area (Å²) >= 11 is 0. The number of nitrogens with zero attached hydrogens (tertiary/aromatic N) is 1. The van der Waals surface area contributed by atoms with Gasteiger partial charge in [0, 0.05) is 13.1 Å². The van der Waals surface area contributed by atoms with Crippen molar-refractivity contribution in [1.82, 2.24) is 10.2 Å². The summed E-state index contributed by atoms with van der Waals surface area (Å²) in [6, 6.07) is -1.04. The SMILES string of the molecule is CC[C@H](NC(=O)N1CCC(C)(C)CC1)C(=O)O. The number of amides is 2. The molecule has 0 aromatic heterocycles. The Morgan fingerprint density at radius 1 is 1.35 bits per heavy atom. The van der Waals surface area contributed by atoms with Crippen molar-refractivity contribution in [3.8, 4) is 0 Å². The summed E-state index contributed by atoms with van der Waals surface area (Å²) in [6.07, 6.45) is 2.33. The first-order valence-corrected chi connectivity index (χ1v) is 6.14. The molecule has 1 aliphatic rings.